The maximum Gasteiger partial charge on any atom is 0.410 e. The number of carbonyl (C=O) groups is 2. The monoisotopic (exact) mass is 658 g/mol. The Kier molecular flexibility index (Phi) is 11.6. The smallest absolute Gasteiger partial charge is 0.410 e. The number of allylic oxidation sites excluding steroid dienone is 1. The van der Waals surface area contributed by atoms with Crippen molar-refractivity contribution in [3.8, 4) is 0 Å². The minimum Gasteiger partial charge on any atom is -0.444 e. The molecule has 0 aromatic heterocycles. The van der Waals surface area contributed by atoms with Gasteiger partial charge in [0.05, 0.1) is 17.6 Å². The fourth-order valence-corrected chi connectivity index (χ4v) is 8.13. The number of hydrogen-bond acceptors (Lipinski definition) is 5. The summed E-state index contributed by atoms with van der Waals surface area (Å²) in [7, 11) is 0. The van der Waals surface area contributed by atoms with E-state index in [0.717, 1.165) is 75.4 Å². The Morgan fingerprint density at radius 1 is 0.933 bits per heavy atom. The normalized spacial score (nSPS) is 23.4. The lowest BCUT2D eigenvalue weighted by Gasteiger charge is -2.43. The Balaban J connectivity index is 1.11. The molecule has 0 bridgehead atoms. The van der Waals surface area contributed by atoms with Crippen LogP contribution in [0, 0.1) is 17.8 Å². The molecule has 3 aliphatic heterocycles. The number of rotatable bonds is 6. The van der Waals surface area contributed by atoms with Crippen LogP contribution in [-0.4, -0.2) is 83.7 Å². The van der Waals surface area contributed by atoms with Crippen molar-refractivity contribution in [2.45, 2.75) is 97.1 Å². The average molecular weight is 660 g/mol. The maximum atomic E-state index is 13.2. The molecule has 1 atom stereocenters. The molecule has 3 saturated heterocycles. The van der Waals surface area contributed by atoms with Gasteiger partial charge in [-0.15, -0.1) is 11.6 Å². The van der Waals surface area contributed by atoms with Crippen LogP contribution in [-0.2, 0) is 16.0 Å². The zero-order valence-electron chi connectivity index (χ0n) is 27.7. The van der Waals surface area contributed by atoms with Crippen molar-refractivity contribution in [3.05, 3.63) is 45.6 Å². The van der Waals surface area contributed by atoms with Gasteiger partial charge in [0, 0.05) is 43.8 Å². The van der Waals surface area contributed by atoms with E-state index in [0.29, 0.717) is 49.1 Å². The summed E-state index contributed by atoms with van der Waals surface area (Å²) in [4.78, 5) is 37.1. The number of likely N-dealkylation sites (tertiary alicyclic amines) is 3. The molecule has 3 heterocycles. The summed E-state index contributed by atoms with van der Waals surface area (Å²) < 4.78 is 5.52. The highest BCUT2D eigenvalue weighted by Crippen LogP contribution is 2.42. The van der Waals surface area contributed by atoms with Crippen LogP contribution in [0.2, 0.25) is 5.02 Å². The third-order valence-corrected chi connectivity index (χ3v) is 10.8. The van der Waals surface area contributed by atoms with Gasteiger partial charge < -0.3 is 14.5 Å². The average Bonchev–Trinajstić information content (AvgIpc) is 3.15. The van der Waals surface area contributed by atoms with Crippen molar-refractivity contribution in [1.29, 1.82) is 0 Å². The van der Waals surface area contributed by atoms with Crippen LogP contribution in [0.5, 0.6) is 0 Å². The fraction of sp³-hybridized carbons (Fsp3) is 0.694. The Morgan fingerprint density at radius 2 is 1.56 bits per heavy atom. The number of nitrogens with zero attached hydrogens (tertiary/aromatic N) is 4. The molecule has 0 radical (unpaired) electrons. The number of ether oxygens (including phenoxy) is 1. The number of alkyl halides is 1. The Bertz CT molecular complexity index is 1250. The predicted octanol–water partition coefficient (Wildman–Crippen LogP) is 7.90. The van der Waals surface area contributed by atoms with Gasteiger partial charge in [0.1, 0.15) is 5.60 Å². The number of halogens is 2. The van der Waals surface area contributed by atoms with Crippen molar-refractivity contribution in [1.82, 2.24) is 14.7 Å². The van der Waals surface area contributed by atoms with Crippen LogP contribution in [0.1, 0.15) is 96.2 Å². The number of aliphatic imine (C=N–C) groups is 1. The molecule has 0 saturated carbocycles. The number of piperidine rings is 3. The van der Waals surface area contributed by atoms with E-state index in [1.54, 1.807) is 4.90 Å². The highest BCUT2D eigenvalue weighted by atomic mass is 35.5. The Labute approximate surface area is 280 Å². The summed E-state index contributed by atoms with van der Waals surface area (Å²) in [5.41, 5.74) is 4.66. The summed E-state index contributed by atoms with van der Waals surface area (Å²) in [6.45, 7) is 13.1. The predicted molar refractivity (Wildman–Crippen MR) is 183 cm³/mol. The van der Waals surface area contributed by atoms with Crippen LogP contribution in [0.3, 0.4) is 0 Å². The number of aryl methyl sites for hydroxylation is 1. The lowest BCUT2D eigenvalue weighted by atomic mass is 9.78. The first-order valence-electron chi connectivity index (χ1n) is 17.1. The number of carbonyl (C=O) groups excluding carboxylic acids is 2. The highest BCUT2D eigenvalue weighted by molar-refractivity contribution is 6.30. The number of fused-ring (bicyclic) bond motifs is 1. The lowest BCUT2D eigenvalue weighted by molar-refractivity contribution is -0.134. The van der Waals surface area contributed by atoms with Crippen LogP contribution >= 0.6 is 23.2 Å². The van der Waals surface area contributed by atoms with E-state index in [2.05, 4.69) is 28.9 Å². The van der Waals surface area contributed by atoms with Crippen LogP contribution in [0.25, 0.3) is 0 Å². The second-order valence-electron chi connectivity index (χ2n) is 14.6. The van der Waals surface area contributed by atoms with Gasteiger partial charge in [-0.1, -0.05) is 17.7 Å². The number of benzene rings is 1. The molecular weight excluding hydrogens is 607 g/mol. The molecule has 0 N–H and O–H groups in total. The second-order valence-corrected chi connectivity index (χ2v) is 15.3. The topological polar surface area (TPSA) is 65.5 Å². The summed E-state index contributed by atoms with van der Waals surface area (Å²) >= 11 is 12.5. The van der Waals surface area contributed by atoms with Gasteiger partial charge in [-0.05, 0) is 139 Å². The van der Waals surface area contributed by atoms with Gasteiger partial charge in [0.15, 0.2) is 0 Å². The molecule has 9 heteroatoms. The molecule has 1 aromatic rings. The van der Waals surface area contributed by atoms with E-state index in [1.807, 2.05) is 33.1 Å². The zero-order chi connectivity index (χ0) is 32.1. The Hall–Kier alpha value is -2.09. The number of amides is 2. The first-order valence-corrected chi connectivity index (χ1v) is 18.0. The van der Waals surface area contributed by atoms with Gasteiger partial charge in [-0.25, -0.2) is 4.79 Å². The van der Waals surface area contributed by atoms with Gasteiger partial charge in [-0.3, -0.25) is 14.7 Å². The molecule has 1 aliphatic carbocycles. The third-order valence-electron chi connectivity index (χ3n) is 10.4. The zero-order valence-corrected chi connectivity index (χ0v) is 29.2. The molecule has 4 aliphatic rings. The van der Waals surface area contributed by atoms with Crippen molar-refractivity contribution >= 4 is 41.4 Å². The molecule has 1 unspecified atom stereocenters. The molecule has 7 nitrogen and oxygen atoms in total. The lowest BCUT2D eigenvalue weighted by Crippen LogP contribution is -2.45. The van der Waals surface area contributed by atoms with E-state index in [-0.39, 0.29) is 12.1 Å². The van der Waals surface area contributed by atoms with E-state index in [1.165, 1.54) is 29.5 Å². The quantitative estimate of drug-likeness (QED) is 0.230. The Morgan fingerprint density at radius 3 is 2.18 bits per heavy atom. The van der Waals surface area contributed by atoms with E-state index < -0.39 is 5.60 Å². The second kappa shape index (κ2) is 15.2. The largest absolute Gasteiger partial charge is 0.444 e. The molecule has 248 valence electrons. The van der Waals surface area contributed by atoms with Crippen LogP contribution in [0.15, 0.2) is 34.5 Å². The summed E-state index contributed by atoms with van der Waals surface area (Å²) in [5, 5.41) is 0.796. The maximum absolute atomic E-state index is 13.2. The summed E-state index contributed by atoms with van der Waals surface area (Å²) in [6, 6.07) is 6.50. The third kappa shape index (κ3) is 8.84. The van der Waals surface area contributed by atoms with Crippen LogP contribution < -0.4 is 0 Å². The molecule has 5 rings (SSSR count). The minimum atomic E-state index is -0.484. The molecule has 1 aromatic carbocycles. The van der Waals surface area contributed by atoms with Crippen molar-refractivity contribution in [2.75, 3.05) is 45.1 Å². The summed E-state index contributed by atoms with van der Waals surface area (Å²) in [5.74, 6) is 2.43. The van der Waals surface area contributed by atoms with Crippen molar-refractivity contribution < 1.29 is 14.3 Å². The molecule has 3 fully saturated rings. The molecule has 0 spiro atoms. The highest BCUT2D eigenvalue weighted by Gasteiger charge is 2.36. The molecule has 45 heavy (non-hydrogen) atoms. The van der Waals surface area contributed by atoms with E-state index >= 15 is 0 Å². The van der Waals surface area contributed by atoms with Crippen LogP contribution in [0.4, 0.5) is 4.79 Å². The minimum absolute atomic E-state index is 0.135. The molecular formula is C36H52Cl2N4O3. The molecule has 2 amide bonds. The first kappa shape index (κ1) is 34.3. The summed E-state index contributed by atoms with van der Waals surface area (Å²) in [6.07, 6.45) is 10.5. The standard InChI is InChI=1S/C36H52Cl2N4O3/c1-25-5-6-29-24-30(38)7-8-31(29)34(33(25)39-16-15-37)41-21-13-28(14-22-41)27-11-19-40(20-12-27)32(43)23-26-9-17-42(18-10-26)35(44)45-36(2,3)4/h7-8,16,24,26-28,34H,5-6,9-15,17-23H2,1-4H3. The van der Waals surface area contributed by atoms with Gasteiger partial charge >= 0.3 is 6.09 Å². The van der Waals surface area contributed by atoms with Gasteiger partial charge in [0.2, 0.25) is 5.91 Å². The SMILES string of the molecule is CC1=C(N=CCCl)C(N2CCC(C3CCN(C(=O)CC4CCN(C(=O)OC(C)(C)C)CC4)CC3)CC2)c2ccc(Cl)cc2CC1. The van der Waals surface area contributed by atoms with Gasteiger partial charge in [0.25, 0.3) is 0 Å². The fourth-order valence-electron chi connectivity index (χ4n) is 7.86. The number of hydrogen-bond donors (Lipinski definition) is 0. The van der Waals surface area contributed by atoms with Crippen molar-refractivity contribution in [2.24, 2.45) is 22.7 Å². The van der Waals surface area contributed by atoms with E-state index in [4.69, 9.17) is 32.9 Å². The first-order chi connectivity index (χ1) is 21.5. The van der Waals surface area contributed by atoms with Gasteiger partial charge in [-0.2, -0.15) is 0 Å². The van der Waals surface area contributed by atoms with E-state index in [9.17, 15) is 9.59 Å². The van der Waals surface area contributed by atoms with Crippen molar-refractivity contribution in [3.63, 3.8) is 0 Å².